The molecule has 21 heavy (non-hydrogen) atoms. The molecule has 0 unspecified atom stereocenters. The van der Waals surface area contributed by atoms with Crippen molar-refractivity contribution in [1.29, 1.82) is 0 Å². The summed E-state index contributed by atoms with van der Waals surface area (Å²) < 4.78 is 5.23. The number of carbonyl (C=O) groups excluding carboxylic acids is 1. The molecule has 0 radical (unpaired) electrons. The van der Waals surface area contributed by atoms with Crippen molar-refractivity contribution in [3.8, 4) is 0 Å². The number of nitrogens with zero attached hydrogens (tertiary/aromatic N) is 2. The monoisotopic (exact) mass is 296 g/mol. The zero-order valence-corrected chi connectivity index (χ0v) is 13.0. The molecular weight excluding hydrogens is 268 g/mol. The van der Waals surface area contributed by atoms with Gasteiger partial charge in [0.05, 0.1) is 12.7 Å². The summed E-state index contributed by atoms with van der Waals surface area (Å²) >= 11 is 0. The average Bonchev–Trinajstić information content (AvgIpc) is 2.54. The summed E-state index contributed by atoms with van der Waals surface area (Å²) in [6, 6.07) is 0. The maximum absolute atomic E-state index is 12.4. The van der Waals surface area contributed by atoms with Crippen LogP contribution in [0.2, 0.25) is 0 Å². The third-order valence-corrected chi connectivity index (χ3v) is 4.29. The number of carbonyl (C=O) groups is 1. The first-order valence-corrected chi connectivity index (χ1v) is 8.12. The van der Waals surface area contributed by atoms with E-state index in [1.54, 1.807) is 0 Å². The van der Waals surface area contributed by atoms with Crippen LogP contribution in [-0.2, 0) is 9.53 Å². The summed E-state index contributed by atoms with van der Waals surface area (Å²) in [6.45, 7) is 6.83. The number of allylic oxidation sites excluding steroid dienone is 2. The Kier molecular flexibility index (Phi) is 6.67. The van der Waals surface area contributed by atoms with Crippen LogP contribution in [0, 0.1) is 5.92 Å². The van der Waals surface area contributed by atoms with Crippen LogP contribution in [0.3, 0.4) is 0 Å². The normalized spacial score (nSPS) is 25.0. The highest BCUT2D eigenvalue weighted by Gasteiger charge is 2.27. The molecule has 2 rings (SSSR count). The number of hydrogen-bond donors (Lipinski definition) is 1. The SMILES string of the molecule is CCOC[C@@H](O)CN1CCN(C(=O)[C@@H]2CC=CCC2)CC1. The number of amides is 1. The van der Waals surface area contributed by atoms with E-state index in [2.05, 4.69) is 17.1 Å². The number of aliphatic hydroxyl groups excluding tert-OH is 1. The standard InChI is InChI=1S/C16H28N2O3/c1-2-21-13-15(19)12-17-8-10-18(11-9-17)16(20)14-6-4-3-5-7-14/h3-4,14-15,19H,2,5-13H2,1H3/t14-,15+/m1/s1. The smallest absolute Gasteiger partial charge is 0.226 e. The van der Waals surface area contributed by atoms with E-state index in [1.165, 1.54) is 0 Å². The molecule has 0 saturated carbocycles. The van der Waals surface area contributed by atoms with Crippen LogP contribution in [0.5, 0.6) is 0 Å². The maximum Gasteiger partial charge on any atom is 0.226 e. The van der Waals surface area contributed by atoms with Crippen LogP contribution >= 0.6 is 0 Å². The van der Waals surface area contributed by atoms with Gasteiger partial charge in [0.15, 0.2) is 0 Å². The first-order valence-electron chi connectivity index (χ1n) is 8.12. The molecule has 0 spiro atoms. The molecule has 1 aliphatic heterocycles. The van der Waals surface area contributed by atoms with Crippen molar-refractivity contribution in [3.05, 3.63) is 12.2 Å². The third kappa shape index (κ3) is 5.09. The molecule has 2 atom stereocenters. The molecule has 1 saturated heterocycles. The lowest BCUT2D eigenvalue weighted by Crippen LogP contribution is -2.52. The van der Waals surface area contributed by atoms with Gasteiger partial charge in [-0.25, -0.2) is 0 Å². The van der Waals surface area contributed by atoms with Crippen LogP contribution in [0.1, 0.15) is 26.2 Å². The van der Waals surface area contributed by atoms with Crippen LogP contribution < -0.4 is 0 Å². The van der Waals surface area contributed by atoms with Crippen molar-refractivity contribution >= 4 is 5.91 Å². The van der Waals surface area contributed by atoms with Gasteiger partial charge >= 0.3 is 0 Å². The largest absolute Gasteiger partial charge is 0.389 e. The summed E-state index contributed by atoms with van der Waals surface area (Å²) in [4.78, 5) is 16.6. The Balaban J connectivity index is 1.70. The summed E-state index contributed by atoms with van der Waals surface area (Å²) in [5, 5.41) is 9.86. The Bertz CT molecular complexity index is 351. The predicted molar refractivity (Wildman–Crippen MR) is 82.0 cm³/mol. The van der Waals surface area contributed by atoms with E-state index >= 15 is 0 Å². The number of hydrogen-bond acceptors (Lipinski definition) is 4. The Morgan fingerprint density at radius 1 is 1.33 bits per heavy atom. The van der Waals surface area contributed by atoms with Gasteiger partial charge in [-0.1, -0.05) is 12.2 Å². The molecule has 5 heteroatoms. The van der Waals surface area contributed by atoms with Crippen LogP contribution in [0.4, 0.5) is 0 Å². The van der Waals surface area contributed by atoms with E-state index < -0.39 is 6.10 Å². The number of β-amino-alcohol motifs (C(OH)–C–C–N with tert-alkyl or cyclic N) is 1. The number of piperazine rings is 1. The summed E-state index contributed by atoms with van der Waals surface area (Å²) in [5.41, 5.74) is 0. The topological polar surface area (TPSA) is 53.0 Å². The fraction of sp³-hybridized carbons (Fsp3) is 0.812. The van der Waals surface area contributed by atoms with E-state index in [0.717, 1.165) is 45.4 Å². The molecule has 0 aromatic rings. The Morgan fingerprint density at radius 3 is 2.71 bits per heavy atom. The molecule has 0 bridgehead atoms. The average molecular weight is 296 g/mol. The summed E-state index contributed by atoms with van der Waals surface area (Å²) in [6.07, 6.45) is 6.78. The molecule has 1 amide bonds. The first kappa shape index (κ1) is 16.5. The van der Waals surface area contributed by atoms with E-state index in [9.17, 15) is 9.90 Å². The molecular formula is C16H28N2O3. The number of rotatable bonds is 6. The van der Waals surface area contributed by atoms with Crippen molar-refractivity contribution in [2.75, 3.05) is 45.9 Å². The fourth-order valence-electron chi connectivity index (χ4n) is 3.03. The minimum Gasteiger partial charge on any atom is -0.389 e. The number of aliphatic hydroxyl groups is 1. The van der Waals surface area contributed by atoms with Gasteiger partial charge < -0.3 is 14.7 Å². The van der Waals surface area contributed by atoms with Crippen molar-refractivity contribution in [2.45, 2.75) is 32.3 Å². The highest BCUT2D eigenvalue weighted by Crippen LogP contribution is 2.21. The molecule has 0 aromatic heterocycles. The van der Waals surface area contributed by atoms with Crippen molar-refractivity contribution in [3.63, 3.8) is 0 Å². The molecule has 5 nitrogen and oxygen atoms in total. The van der Waals surface area contributed by atoms with Gasteiger partial charge in [0.1, 0.15) is 0 Å². The van der Waals surface area contributed by atoms with Crippen molar-refractivity contribution in [1.82, 2.24) is 9.80 Å². The second kappa shape index (κ2) is 8.51. The zero-order valence-electron chi connectivity index (χ0n) is 13.0. The van der Waals surface area contributed by atoms with Crippen LogP contribution in [0.25, 0.3) is 0 Å². The molecule has 1 fully saturated rings. The highest BCUT2D eigenvalue weighted by molar-refractivity contribution is 5.79. The lowest BCUT2D eigenvalue weighted by Gasteiger charge is -2.37. The van der Waals surface area contributed by atoms with E-state index in [4.69, 9.17) is 4.74 Å². The minimum absolute atomic E-state index is 0.185. The summed E-state index contributed by atoms with van der Waals surface area (Å²) in [7, 11) is 0. The van der Waals surface area contributed by atoms with E-state index in [-0.39, 0.29) is 5.92 Å². The van der Waals surface area contributed by atoms with Crippen molar-refractivity contribution in [2.24, 2.45) is 5.92 Å². The molecule has 1 N–H and O–H groups in total. The second-order valence-corrected chi connectivity index (χ2v) is 5.92. The van der Waals surface area contributed by atoms with Crippen LogP contribution in [-0.4, -0.2) is 72.9 Å². The van der Waals surface area contributed by atoms with E-state index in [1.807, 2.05) is 11.8 Å². The Morgan fingerprint density at radius 2 is 2.10 bits per heavy atom. The predicted octanol–water partition coefficient (Wildman–Crippen LogP) is 0.884. The molecule has 0 aromatic carbocycles. The lowest BCUT2D eigenvalue weighted by molar-refractivity contribution is -0.137. The van der Waals surface area contributed by atoms with Crippen molar-refractivity contribution < 1.29 is 14.6 Å². The highest BCUT2D eigenvalue weighted by atomic mass is 16.5. The van der Waals surface area contributed by atoms with Gasteiger partial charge in [-0.15, -0.1) is 0 Å². The summed E-state index contributed by atoms with van der Waals surface area (Å²) in [5.74, 6) is 0.499. The molecule has 1 aliphatic carbocycles. The fourth-order valence-corrected chi connectivity index (χ4v) is 3.03. The first-order chi connectivity index (χ1) is 10.2. The Labute approximate surface area is 127 Å². The zero-order chi connectivity index (χ0) is 15.1. The molecule has 1 heterocycles. The second-order valence-electron chi connectivity index (χ2n) is 5.92. The van der Waals surface area contributed by atoms with Gasteiger partial charge in [-0.2, -0.15) is 0 Å². The van der Waals surface area contributed by atoms with E-state index in [0.29, 0.717) is 25.7 Å². The van der Waals surface area contributed by atoms with Gasteiger partial charge in [-0.3, -0.25) is 9.69 Å². The van der Waals surface area contributed by atoms with Gasteiger partial charge in [0.2, 0.25) is 5.91 Å². The van der Waals surface area contributed by atoms with Crippen LogP contribution in [0.15, 0.2) is 12.2 Å². The van der Waals surface area contributed by atoms with Gasteiger partial charge in [-0.05, 0) is 26.2 Å². The Hall–Kier alpha value is -0.910. The maximum atomic E-state index is 12.4. The molecule has 2 aliphatic rings. The molecule has 120 valence electrons. The van der Waals surface area contributed by atoms with Gasteiger partial charge in [0.25, 0.3) is 0 Å². The van der Waals surface area contributed by atoms with Gasteiger partial charge in [0, 0.05) is 45.2 Å². The number of ether oxygens (including phenoxy) is 1. The lowest BCUT2D eigenvalue weighted by atomic mass is 9.93. The quantitative estimate of drug-likeness (QED) is 0.740. The third-order valence-electron chi connectivity index (χ3n) is 4.29. The minimum atomic E-state index is -0.435.